The monoisotopic (exact) mass is 652 g/mol. The number of amides is 3. The van der Waals surface area contributed by atoms with Crippen LogP contribution in [0.5, 0.6) is 5.75 Å². The first-order chi connectivity index (χ1) is 20.6. The maximum Gasteiger partial charge on any atom is 0.417 e. The molecule has 7 nitrogen and oxygen atoms in total. The topological polar surface area (TPSA) is 120 Å². The lowest BCUT2D eigenvalue weighted by atomic mass is 10.1. The van der Waals surface area contributed by atoms with E-state index in [2.05, 4.69) is 48.4 Å². The lowest BCUT2D eigenvalue weighted by Crippen LogP contribution is -2.54. The molecule has 3 amide bonds. The summed E-state index contributed by atoms with van der Waals surface area (Å²) in [4.78, 5) is 24.2. The number of primary amides is 2. The summed E-state index contributed by atoms with van der Waals surface area (Å²) in [5.41, 5.74) is 11.2. The number of pyridine rings is 1. The van der Waals surface area contributed by atoms with Gasteiger partial charge in [0.15, 0.2) is 6.17 Å². The van der Waals surface area contributed by atoms with Gasteiger partial charge in [0, 0.05) is 24.4 Å². The average molecular weight is 653 g/mol. The number of carbonyl (C=O) groups is 2. The van der Waals surface area contributed by atoms with E-state index in [-0.39, 0.29) is 5.75 Å². The van der Waals surface area contributed by atoms with E-state index in [0.717, 1.165) is 18.3 Å². The number of urea groups is 1. The third kappa shape index (κ3) is 18.8. The van der Waals surface area contributed by atoms with Gasteiger partial charge in [0.25, 0.3) is 6.36 Å². The van der Waals surface area contributed by atoms with Gasteiger partial charge in [0.05, 0.1) is 12.2 Å². The molecule has 0 saturated heterocycles. The summed E-state index contributed by atoms with van der Waals surface area (Å²) in [6, 6.07) is 13.2. The quantitative estimate of drug-likeness (QED) is 0.202. The van der Waals surface area contributed by atoms with Gasteiger partial charge in [-0.05, 0) is 43.7 Å². The molecule has 0 bridgehead atoms. The number of terminal acetylenes is 1. The fourth-order valence-corrected chi connectivity index (χ4v) is 2.84. The molecule has 0 radical (unpaired) electrons. The number of nitrogens with zero attached hydrogens (tertiary/aromatic N) is 1. The standard InChI is InChI=1S/C15H13ClF3NO.C7H8.C4H6F3N3O2.C2H2.CH3F/c1-9(17)15(19)21-14-6-10(4-12(18)7-14)5-13-3-2-11(16)8-20-13;1-7-5-3-2-4-6-7;5-4(6,7)1(2(8)11)10-3(9)12;2*1-2/h2-4,6-9,15H,5H2,1H3;2-6H,1H3;1H,(H2,8,11)(H3,9,10,12);1-2H;1H3. The Balaban J connectivity index is 0. The normalized spacial score (nSPS) is 11.8. The Bertz CT molecular complexity index is 1260. The highest BCUT2D eigenvalue weighted by molar-refractivity contribution is 6.30. The lowest BCUT2D eigenvalue weighted by molar-refractivity contribution is -0.164. The molecule has 3 atom stereocenters. The van der Waals surface area contributed by atoms with Crippen molar-refractivity contribution in [3.05, 3.63) is 94.5 Å². The first kappa shape index (κ1) is 41.6. The Labute approximate surface area is 255 Å². The van der Waals surface area contributed by atoms with Crippen molar-refractivity contribution in [2.75, 3.05) is 7.18 Å². The second-order valence-electron chi connectivity index (χ2n) is 8.13. The van der Waals surface area contributed by atoms with Crippen LogP contribution < -0.4 is 21.5 Å². The lowest BCUT2D eigenvalue weighted by Gasteiger charge is -2.16. The molecule has 15 heteroatoms. The van der Waals surface area contributed by atoms with E-state index in [1.807, 2.05) is 18.2 Å². The minimum atomic E-state index is -4.92. The van der Waals surface area contributed by atoms with Crippen molar-refractivity contribution in [1.82, 2.24) is 10.3 Å². The zero-order valence-electron chi connectivity index (χ0n) is 23.8. The predicted molar refractivity (Wildman–Crippen MR) is 154 cm³/mol. The second kappa shape index (κ2) is 22.1. The smallest absolute Gasteiger partial charge is 0.417 e. The molecule has 0 aliphatic rings. The summed E-state index contributed by atoms with van der Waals surface area (Å²) in [7, 11) is 0.500. The predicted octanol–water partition coefficient (Wildman–Crippen LogP) is 6.40. The van der Waals surface area contributed by atoms with Gasteiger partial charge in [-0.15, -0.1) is 12.8 Å². The van der Waals surface area contributed by atoms with Gasteiger partial charge in [0.1, 0.15) is 11.6 Å². The van der Waals surface area contributed by atoms with Crippen LogP contribution in [0.1, 0.15) is 23.7 Å². The molecule has 1 aromatic heterocycles. The molecule has 2 aromatic carbocycles. The number of hydrogen-bond acceptors (Lipinski definition) is 4. The highest BCUT2D eigenvalue weighted by Gasteiger charge is 2.44. The molecule has 5 N–H and O–H groups in total. The number of carbonyl (C=O) groups excluding carboxylic acids is 2. The van der Waals surface area contributed by atoms with Gasteiger partial charge in [0.2, 0.25) is 11.9 Å². The van der Waals surface area contributed by atoms with Crippen LogP contribution in [0.15, 0.2) is 66.9 Å². The van der Waals surface area contributed by atoms with Crippen LogP contribution in [0.25, 0.3) is 0 Å². The number of nitrogens with one attached hydrogen (secondary N) is 1. The number of hydrogen-bond donors (Lipinski definition) is 3. The van der Waals surface area contributed by atoms with Gasteiger partial charge < -0.3 is 21.5 Å². The van der Waals surface area contributed by atoms with E-state index >= 15 is 0 Å². The minimum absolute atomic E-state index is 0.0593. The van der Waals surface area contributed by atoms with Gasteiger partial charge in [-0.25, -0.2) is 13.6 Å². The zero-order valence-corrected chi connectivity index (χ0v) is 24.6. The molecule has 3 rings (SSSR count). The van der Waals surface area contributed by atoms with Crippen molar-refractivity contribution in [2.24, 2.45) is 11.5 Å². The number of ether oxygens (including phenoxy) is 1. The van der Waals surface area contributed by atoms with Crippen LogP contribution in [0, 0.1) is 25.6 Å². The van der Waals surface area contributed by atoms with E-state index in [0.29, 0.717) is 29.9 Å². The van der Waals surface area contributed by atoms with Crippen molar-refractivity contribution in [2.45, 2.75) is 45.0 Å². The van der Waals surface area contributed by atoms with Crippen molar-refractivity contribution in [3.8, 4) is 18.6 Å². The van der Waals surface area contributed by atoms with Crippen molar-refractivity contribution >= 4 is 23.5 Å². The zero-order chi connectivity index (χ0) is 34.5. The number of aryl methyl sites for hydroxylation is 1. The van der Waals surface area contributed by atoms with Gasteiger partial charge in [-0.3, -0.25) is 14.2 Å². The van der Waals surface area contributed by atoms with Crippen LogP contribution >= 0.6 is 11.6 Å². The van der Waals surface area contributed by atoms with E-state index in [1.165, 1.54) is 23.9 Å². The number of alkyl halides is 6. The Kier molecular flexibility index (Phi) is 20.9. The molecule has 3 aromatic rings. The number of halogens is 8. The van der Waals surface area contributed by atoms with Crippen LogP contribution in [0.4, 0.5) is 35.5 Å². The highest BCUT2D eigenvalue weighted by atomic mass is 35.5. The molecule has 3 unspecified atom stereocenters. The molecule has 0 fully saturated rings. The molecular formula is C29H32ClF7N4O3. The summed E-state index contributed by atoms with van der Waals surface area (Å²) in [6.45, 7) is 3.11. The number of nitrogens with two attached hydrogens (primary N) is 2. The van der Waals surface area contributed by atoms with Crippen molar-refractivity contribution < 1.29 is 45.1 Å². The van der Waals surface area contributed by atoms with Crippen LogP contribution in [-0.4, -0.2) is 48.8 Å². The fourth-order valence-electron chi connectivity index (χ4n) is 2.73. The molecule has 0 aliphatic carbocycles. The van der Waals surface area contributed by atoms with Crippen LogP contribution in [0.2, 0.25) is 5.02 Å². The Morgan fingerprint density at radius 3 is 1.95 bits per heavy atom. The molecule has 0 saturated carbocycles. The van der Waals surface area contributed by atoms with Crippen molar-refractivity contribution in [3.63, 3.8) is 0 Å². The first-order valence-corrected chi connectivity index (χ1v) is 12.5. The summed E-state index contributed by atoms with van der Waals surface area (Å²) < 4.78 is 89.0. The number of aromatic nitrogens is 1. The molecule has 1 heterocycles. The van der Waals surface area contributed by atoms with Crippen molar-refractivity contribution in [1.29, 1.82) is 0 Å². The Morgan fingerprint density at radius 2 is 1.59 bits per heavy atom. The molecule has 0 spiro atoms. The Morgan fingerprint density at radius 1 is 1.02 bits per heavy atom. The van der Waals surface area contributed by atoms with E-state index in [1.54, 1.807) is 12.1 Å². The molecule has 0 aliphatic heterocycles. The van der Waals surface area contributed by atoms with Gasteiger partial charge >= 0.3 is 12.2 Å². The SMILES string of the molecule is C#C.CC(F)C(F)Oc1cc(F)cc(Cc2ccc(Cl)cn2)c1.CF.Cc1ccccc1.NC(=O)NC(C(N)=O)C(F)(F)F. The third-order valence-electron chi connectivity index (χ3n) is 4.55. The van der Waals surface area contributed by atoms with Gasteiger partial charge in [-0.2, -0.15) is 17.6 Å². The minimum Gasteiger partial charge on any atom is -0.457 e. The van der Waals surface area contributed by atoms with Crippen LogP contribution in [-0.2, 0) is 11.2 Å². The summed E-state index contributed by atoms with van der Waals surface area (Å²) in [5.74, 6) is -2.35. The molecule has 242 valence electrons. The van der Waals surface area contributed by atoms with E-state index < -0.39 is 42.5 Å². The molecular weight excluding hydrogens is 621 g/mol. The Hall–Kier alpha value is -4.51. The summed E-state index contributed by atoms with van der Waals surface area (Å²) in [6.07, 6.45) is 0.965. The van der Waals surface area contributed by atoms with E-state index in [9.17, 15) is 40.3 Å². The second-order valence-corrected chi connectivity index (χ2v) is 8.56. The summed E-state index contributed by atoms with van der Waals surface area (Å²) >= 11 is 5.73. The maximum absolute atomic E-state index is 13.5. The van der Waals surface area contributed by atoms with Gasteiger partial charge in [-0.1, -0.05) is 47.5 Å². The fraction of sp³-hybridized carbons (Fsp3) is 0.276. The molecule has 44 heavy (non-hydrogen) atoms. The average Bonchev–Trinajstić information content (AvgIpc) is 2.95. The number of rotatable bonds is 7. The van der Waals surface area contributed by atoms with Crippen LogP contribution in [0.3, 0.4) is 0 Å². The third-order valence-corrected chi connectivity index (χ3v) is 4.78. The summed E-state index contributed by atoms with van der Waals surface area (Å²) in [5, 5.41) is 1.66. The number of benzene rings is 2. The van der Waals surface area contributed by atoms with E-state index in [4.69, 9.17) is 16.3 Å². The highest BCUT2D eigenvalue weighted by Crippen LogP contribution is 2.22. The maximum atomic E-state index is 13.5. The largest absolute Gasteiger partial charge is 0.457 e. The first-order valence-electron chi connectivity index (χ1n) is 12.1.